The second-order valence-corrected chi connectivity index (χ2v) is 3.60. The van der Waals surface area contributed by atoms with Gasteiger partial charge in [-0.3, -0.25) is 15.0 Å². The Morgan fingerprint density at radius 3 is 2.61 bits per heavy atom. The molecule has 0 atom stereocenters. The number of imidazole rings is 1. The maximum atomic E-state index is 11.6. The molecule has 1 aromatic heterocycles. The fourth-order valence-corrected chi connectivity index (χ4v) is 1.38. The second kappa shape index (κ2) is 5.62. The molecule has 6 nitrogen and oxygen atoms in total. The smallest absolute Gasteiger partial charge is 0.248 e. The number of hydrogen-bond donors (Lipinski definition) is 2. The van der Waals surface area contributed by atoms with Crippen LogP contribution < -0.4 is 10.7 Å². The van der Waals surface area contributed by atoms with Gasteiger partial charge in [0.15, 0.2) is 0 Å². The van der Waals surface area contributed by atoms with Gasteiger partial charge in [-0.05, 0) is 12.1 Å². The number of carbonyl (C=O) groups excluding carboxylic acids is 2. The molecule has 0 aliphatic heterocycles. The van der Waals surface area contributed by atoms with Crippen molar-refractivity contribution >= 4 is 17.5 Å². The van der Waals surface area contributed by atoms with Crippen molar-refractivity contribution in [1.82, 2.24) is 9.66 Å². The van der Waals surface area contributed by atoms with E-state index in [4.69, 9.17) is 0 Å². The first-order valence-corrected chi connectivity index (χ1v) is 5.37. The van der Waals surface area contributed by atoms with Gasteiger partial charge in [-0.15, -0.1) is 0 Å². The zero-order valence-corrected chi connectivity index (χ0v) is 9.54. The van der Waals surface area contributed by atoms with E-state index in [9.17, 15) is 9.59 Å². The van der Waals surface area contributed by atoms with Crippen molar-refractivity contribution in [2.45, 2.75) is 6.42 Å². The Morgan fingerprint density at radius 2 is 1.94 bits per heavy atom. The molecule has 6 heteroatoms. The molecule has 0 bridgehead atoms. The minimum absolute atomic E-state index is 0.243. The maximum Gasteiger partial charge on any atom is 0.248 e. The number of aromatic nitrogens is 2. The number of anilines is 1. The van der Waals surface area contributed by atoms with E-state index in [0.717, 1.165) is 0 Å². The van der Waals surface area contributed by atoms with E-state index < -0.39 is 5.91 Å². The molecule has 1 aromatic carbocycles. The maximum absolute atomic E-state index is 11.6. The first kappa shape index (κ1) is 11.8. The molecule has 1 heterocycles. The molecule has 2 rings (SSSR count). The van der Waals surface area contributed by atoms with Crippen LogP contribution in [-0.4, -0.2) is 21.5 Å². The number of benzene rings is 1. The summed E-state index contributed by atoms with van der Waals surface area (Å²) in [4.78, 5) is 26.8. The third-order valence-electron chi connectivity index (χ3n) is 2.14. The van der Waals surface area contributed by atoms with Gasteiger partial charge in [0.1, 0.15) is 12.7 Å². The van der Waals surface area contributed by atoms with E-state index in [-0.39, 0.29) is 12.3 Å². The zero-order chi connectivity index (χ0) is 12.8. The van der Waals surface area contributed by atoms with E-state index in [2.05, 4.69) is 15.7 Å². The van der Waals surface area contributed by atoms with E-state index >= 15 is 0 Å². The van der Waals surface area contributed by atoms with Crippen molar-refractivity contribution in [3.05, 3.63) is 49.1 Å². The van der Waals surface area contributed by atoms with Gasteiger partial charge in [-0.1, -0.05) is 18.2 Å². The highest BCUT2D eigenvalue weighted by molar-refractivity contribution is 6.05. The molecule has 0 radical (unpaired) electrons. The number of carbonyl (C=O) groups is 2. The molecular formula is C12H12N4O2. The lowest BCUT2D eigenvalue weighted by atomic mass is 10.3. The Morgan fingerprint density at radius 1 is 1.17 bits per heavy atom. The highest BCUT2D eigenvalue weighted by Crippen LogP contribution is 2.05. The largest absolute Gasteiger partial charge is 0.326 e. The number of nitrogens with one attached hydrogen (secondary N) is 2. The lowest BCUT2D eigenvalue weighted by Crippen LogP contribution is -2.26. The van der Waals surface area contributed by atoms with Crippen LogP contribution in [0.1, 0.15) is 6.42 Å². The molecule has 0 aliphatic rings. The van der Waals surface area contributed by atoms with Gasteiger partial charge in [0, 0.05) is 18.1 Å². The summed E-state index contributed by atoms with van der Waals surface area (Å²) in [6.07, 6.45) is 4.30. The summed E-state index contributed by atoms with van der Waals surface area (Å²) >= 11 is 0. The Bertz CT molecular complexity index is 522. The average molecular weight is 244 g/mol. The molecule has 0 fully saturated rings. The molecular weight excluding hydrogens is 232 g/mol. The highest BCUT2D eigenvalue weighted by Gasteiger charge is 2.09. The summed E-state index contributed by atoms with van der Waals surface area (Å²) in [7, 11) is 0. The van der Waals surface area contributed by atoms with E-state index in [1.54, 1.807) is 30.5 Å². The zero-order valence-electron chi connectivity index (χ0n) is 9.54. The first-order chi connectivity index (χ1) is 8.74. The molecule has 0 saturated carbocycles. The lowest BCUT2D eigenvalue weighted by molar-refractivity contribution is -0.124. The summed E-state index contributed by atoms with van der Waals surface area (Å²) in [6.45, 7) is 0. The Labute approximate surface area is 104 Å². The standard InChI is InChI=1S/C12H12N4O2/c17-11(14-10-4-2-1-3-5-10)8-12(18)15-16-7-6-13-9-16/h1-7,9H,8H2,(H,14,17)(H,15,18). The molecule has 2 aromatic rings. The summed E-state index contributed by atoms with van der Waals surface area (Å²) in [5.41, 5.74) is 3.16. The van der Waals surface area contributed by atoms with Gasteiger partial charge in [0.05, 0.1) is 0 Å². The van der Waals surface area contributed by atoms with Gasteiger partial charge in [-0.2, -0.15) is 0 Å². The normalized spacial score (nSPS) is 9.78. The predicted octanol–water partition coefficient (Wildman–Crippen LogP) is 0.982. The molecule has 0 spiro atoms. The number of para-hydroxylation sites is 1. The van der Waals surface area contributed by atoms with Crippen LogP contribution in [0.5, 0.6) is 0 Å². The van der Waals surface area contributed by atoms with Gasteiger partial charge in [0.25, 0.3) is 0 Å². The van der Waals surface area contributed by atoms with Crippen LogP contribution in [0.2, 0.25) is 0 Å². The van der Waals surface area contributed by atoms with Crippen LogP contribution in [0.15, 0.2) is 49.1 Å². The minimum Gasteiger partial charge on any atom is -0.326 e. The Hall–Kier alpha value is -2.63. The van der Waals surface area contributed by atoms with Crippen LogP contribution in [0.4, 0.5) is 5.69 Å². The topological polar surface area (TPSA) is 76.0 Å². The number of nitrogens with zero attached hydrogens (tertiary/aromatic N) is 2. The molecule has 18 heavy (non-hydrogen) atoms. The SMILES string of the molecule is O=C(CC(=O)Nn1ccnc1)Nc1ccccc1. The van der Waals surface area contributed by atoms with Crippen LogP contribution in [0, 0.1) is 0 Å². The van der Waals surface area contributed by atoms with Gasteiger partial charge < -0.3 is 5.32 Å². The number of hydrogen-bond acceptors (Lipinski definition) is 3. The van der Waals surface area contributed by atoms with Crippen molar-refractivity contribution in [3.63, 3.8) is 0 Å². The van der Waals surface area contributed by atoms with Crippen molar-refractivity contribution in [2.75, 3.05) is 10.7 Å². The number of rotatable bonds is 4. The second-order valence-electron chi connectivity index (χ2n) is 3.60. The fraction of sp³-hybridized carbons (Fsp3) is 0.0833. The summed E-state index contributed by atoms with van der Waals surface area (Å²) < 4.78 is 1.39. The lowest BCUT2D eigenvalue weighted by Gasteiger charge is -2.06. The average Bonchev–Trinajstić information content (AvgIpc) is 2.82. The van der Waals surface area contributed by atoms with Crippen molar-refractivity contribution in [2.24, 2.45) is 0 Å². The Balaban J connectivity index is 1.82. The van der Waals surface area contributed by atoms with Crippen molar-refractivity contribution in [3.8, 4) is 0 Å². The highest BCUT2D eigenvalue weighted by atomic mass is 16.2. The monoisotopic (exact) mass is 244 g/mol. The molecule has 0 aliphatic carbocycles. The summed E-state index contributed by atoms with van der Waals surface area (Å²) in [6, 6.07) is 8.97. The van der Waals surface area contributed by atoms with Gasteiger partial charge in [-0.25, -0.2) is 9.66 Å². The van der Waals surface area contributed by atoms with E-state index in [1.807, 2.05) is 6.07 Å². The van der Waals surface area contributed by atoms with Gasteiger partial charge >= 0.3 is 0 Å². The predicted molar refractivity (Wildman–Crippen MR) is 66.3 cm³/mol. The third kappa shape index (κ3) is 3.44. The molecule has 2 amide bonds. The molecule has 0 saturated heterocycles. The van der Waals surface area contributed by atoms with Gasteiger partial charge in [0.2, 0.25) is 11.8 Å². The molecule has 2 N–H and O–H groups in total. The van der Waals surface area contributed by atoms with E-state index in [1.165, 1.54) is 17.2 Å². The van der Waals surface area contributed by atoms with Crippen LogP contribution in [0.25, 0.3) is 0 Å². The van der Waals surface area contributed by atoms with E-state index in [0.29, 0.717) is 5.69 Å². The van der Waals surface area contributed by atoms with Crippen LogP contribution in [-0.2, 0) is 9.59 Å². The van der Waals surface area contributed by atoms with Crippen molar-refractivity contribution < 1.29 is 9.59 Å². The molecule has 0 unspecified atom stereocenters. The fourth-order valence-electron chi connectivity index (χ4n) is 1.38. The summed E-state index contributed by atoms with van der Waals surface area (Å²) in [5.74, 6) is -0.764. The van der Waals surface area contributed by atoms with Crippen molar-refractivity contribution in [1.29, 1.82) is 0 Å². The third-order valence-corrected chi connectivity index (χ3v) is 2.14. The Kier molecular flexibility index (Phi) is 3.70. The quantitative estimate of drug-likeness (QED) is 0.787. The first-order valence-electron chi connectivity index (χ1n) is 5.37. The number of amides is 2. The molecule has 92 valence electrons. The van der Waals surface area contributed by atoms with Crippen LogP contribution in [0.3, 0.4) is 0 Å². The summed E-state index contributed by atoms with van der Waals surface area (Å²) in [5, 5.41) is 2.63. The minimum atomic E-state index is -0.401. The van der Waals surface area contributed by atoms with Crippen LogP contribution >= 0.6 is 0 Å².